The van der Waals surface area contributed by atoms with Crippen molar-refractivity contribution in [2.75, 3.05) is 5.73 Å². The van der Waals surface area contributed by atoms with Gasteiger partial charge in [0, 0.05) is 11.8 Å². The Morgan fingerprint density at radius 2 is 2.00 bits per heavy atom. The number of nitrogen functional groups attached to an aromatic ring is 1. The third kappa shape index (κ3) is 2.15. The number of rotatable bonds is 2. The Morgan fingerprint density at radius 1 is 1.22 bits per heavy atom. The normalized spacial score (nSPS) is 17.8. The molecule has 2 heterocycles. The van der Waals surface area contributed by atoms with Crippen molar-refractivity contribution in [3.05, 3.63) is 24.8 Å². The maximum atomic E-state index is 6.05. The summed E-state index contributed by atoms with van der Waals surface area (Å²) in [6.45, 7) is 0. The summed E-state index contributed by atoms with van der Waals surface area (Å²) in [7, 11) is 0. The fourth-order valence-corrected chi connectivity index (χ4v) is 2.74. The predicted octanol–water partition coefficient (Wildman–Crippen LogP) is 3.62. The third-order valence-electron chi connectivity index (χ3n) is 3.75. The third-order valence-corrected chi connectivity index (χ3v) is 3.75. The minimum absolute atomic E-state index is 0.510. The Balaban J connectivity index is 1.87. The van der Waals surface area contributed by atoms with Crippen molar-refractivity contribution in [1.82, 2.24) is 9.78 Å². The van der Waals surface area contributed by atoms with E-state index in [4.69, 9.17) is 10.2 Å². The number of aromatic nitrogens is 2. The van der Waals surface area contributed by atoms with Gasteiger partial charge in [-0.1, -0.05) is 25.7 Å². The summed E-state index contributed by atoms with van der Waals surface area (Å²) in [4.78, 5) is 0. The molecule has 0 radical (unpaired) electrons. The van der Waals surface area contributed by atoms with Crippen LogP contribution in [0.1, 0.15) is 44.6 Å². The van der Waals surface area contributed by atoms with Crippen LogP contribution in [0.25, 0.3) is 11.3 Å². The lowest BCUT2D eigenvalue weighted by molar-refractivity contribution is 0.406. The van der Waals surface area contributed by atoms with E-state index in [9.17, 15) is 0 Å². The summed E-state index contributed by atoms with van der Waals surface area (Å²) >= 11 is 0. The molecule has 1 aliphatic rings. The van der Waals surface area contributed by atoms with Gasteiger partial charge in [0.2, 0.25) is 0 Å². The standard InChI is InChI=1S/C14H19N3O/c15-13-9-17(12-5-3-1-2-4-6-12)16-14(13)11-7-8-18-10-11/h7-10,12H,1-6,15H2. The molecule has 4 heteroatoms. The molecule has 0 aromatic carbocycles. The SMILES string of the molecule is Nc1cn(C2CCCCCC2)nc1-c1ccoc1. The van der Waals surface area contributed by atoms with Gasteiger partial charge in [-0.3, -0.25) is 4.68 Å². The van der Waals surface area contributed by atoms with Crippen molar-refractivity contribution in [2.45, 2.75) is 44.6 Å². The maximum absolute atomic E-state index is 6.05. The molecule has 18 heavy (non-hydrogen) atoms. The van der Waals surface area contributed by atoms with Crippen LogP contribution >= 0.6 is 0 Å². The first-order chi connectivity index (χ1) is 8.84. The second kappa shape index (κ2) is 4.88. The maximum Gasteiger partial charge on any atom is 0.118 e. The molecular weight excluding hydrogens is 226 g/mol. The fraction of sp³-hybridized carbons (Fsp3) is 0.500. The first-order valence-electron chi connectivity index (χ1n) is 6.72. The van der Waals surface area contributed by atoms with E-state index in [2.05, 4.69) is 9.78 Å². The average molecular weight is 245 g/mol. The van der Waals surface area contributed by atoms with Crippen molar-refractivity contribution in [3.63, 3.8) is 0 Å². The van der Waals surface area contributed by atoms with E-state index < -0.39 is 0 Å². The molecule has 96 valence electrons. The summed E-state index contributed by atoms with van der Waals surface area (Å²) < 4.78 is 7.15. The molecule has 0 saturated heterocycles. The van der Waals surface area contributed by atoms with Crippen molar-refractivity contribution in [3.8, 4) is 11.3 Å². The fourth-order valence-electron chi connectivity index (χ4n) is 2.74. The molecule has 2 aromatic heterocycles. The Bertz CT molecular complexity index is 493. The first-order valence-corrected chi connectivity index (χ1v) is 6.72. The number of furan rings is 1. The van der Waals surface area contributed by atoms with Crippen LogP contribution in [0.2, 0.25) is 0 Å². The molecule has 1 fully saturated rings. The minimum atomic E-state index is 0.510. The topological polar surface area (TPSA) is 57.0 Å². The minimum Gasteiger partial charge on any atom is -0.472 e. The van der Waals surface area contributed by atoms with Crippen LogP contribution in [0.15, 0.2) is 29.2 Å². The molecule has 1 saturated carbocycles. The van der Waals surface area contributed by atoms with Crippen molar-refractivity contribution < 1.29 is 4.42 Å². The lowest BCUT2D eigenvalue weighted by Crippen LogP contribution is -2.08. The molecule has 0 bridgehead atoms. The molecule has 0 amide bonds. The average Bonchev–Trinajstić information content (AvgIpc) is 2.92. The molecule has 2 N–H and O–H groups in total. The Kier molecular flexibility index (Phi) is 3.09. The highest BCUT2D eigenvalue weighted by molar-refractivity contribution is 5.70. The van der Waals surface area contributed by atoms with Crippen molar-refractivity contribution >= 4 is 5.69 Å². The van der Waals surface area contributed by atoms with E-state index in [1.807, 2.05) is 12.3 Å². The van der Waals surface area contributed by atoms with Gasteiger partial charge < -0.3 is 10.2 Å². The lowest BCUT2D eigenvalue weighted by atomic mass is 10.1. The zero-order valence-electron chi connectivity index (χ0n) is 10.5. The summed E-state index contributed by atoms with van der Waals surface area (Å²) in [6.07, 6.45) is 13.0. The molecule has 0 unspecified atom stereocenters. The van der Waals surface area contributed by atoms with Gasteiger partial charge in [0.05, 0.1) is 24.3 Å². The summed E-state index contributed by atoms with van der Waals surface area (Å²) in [6, 6.07) is 2.41. The Hall–Kier alpha value is -1.71. The quantitative estimate of drug-likeness (QED) is 0.822. The second-order valence-electron chi connectivity index (χ2n) is 5.07. The molecule has 0 atom stereocenters. The van der Waals surface area contributed by atoms with Gasteiger partial charge >= 0.3 is 0 Å². The summed E-state index contributed by atoms with van der Waals surface area (Å²) in [5.41, 5.74) is 8.59. The summed E-state index contributed by atoms with van der Waals surface area (Å²) in [5, 5.41) is 4.65. The Morgan fingerprint density at radius 3 is 2.67 bits per heavy atom. The van der Waals surface area contributed by atoms with Crippen LogP contribution < -0.4 is 5.73 Å². The van der Waals surface area contributed by atoms with E-state index in [1.165, 1.54) is 38.5 Å². The number of hydrogen-bond donors (Lipinski definition) is 1. The Labute approximate surface area is 107 Å². The molecule has 3 rings (SSSR count). The van der Waals surface area contributed by atoms with E-state index >= 15 is 0 Å². The van der Waals surface area contributed by atoms with Gasteiger partial charge in [-0.25, -0.2) is 0 Å². The van der Waals surface area contributed by atoms with Crippen LogP contribution in [-0.2, 0) is 0 Å². The highest BCUT2D eigenvalue weighted by Crippen LogP contribution is 2.30. The molecule has 0 aliphatic heterocycles. The molecular formula is C14H19N3O. The zero-order chi connectivity index (χ0) is 12.4. The zero-order valence-corrected chi connectivity index (χ0v) is 10.5. The smallest absolute Gasteiger partial charge is 0.118 e. The van der Waals surface area contributed by atoms with E-state index in [-0.39, 0.29) is 0 Å². The number of nitrogens with two attached hydrogens (primary N) is 1. The molecule has 0 spiro atoms. The van der Waals surface area contributed by atoms with Crippen LogP contribution in [0.5, 0.6) is 0 Å². The van der Waals surface area contributed by atoms with Gasteiger partial charge in [0.25, 0.3) is 0 Å². The van der Waals surface area contributed by atoms with Gasteiger partial charge in [0.1, 0.15) is 5.69 Å². The van der Waals surface area contributed by atoms with Gasteiger partial charge in [-0.15, -0.1) is 0 Å². The van der Waals surface area contributed by atoms with E-state index in [0.717, 1.165) is 16.9 Å². The molecule has 2 aromatic rings. The highest BCUT2D eigenvalue weighted by atomic mass is 16.3. The van der Waals surface area contributed by atoms with Gasteiger partial charge in [-0.05, 0) is 18.9 Å². The predicted molar refractivity (Wildman–Crippen MR) is 71.1 cm³/mol. The van der Waals surface area contributed by atoms with Crippen molar-refractivity contribution in [2.24, 2.45) is 0 Å². The largest absolute Gasteiger partial charge is 0.472 e. The van der Waals surface area contributed by atoms with Crippen LogP contribution in [0, 0.1) is 0 Å². The van der Waals surface area contributed by atoms with Gasteiger partial charge in [-0.2, -0.15) is 5.10 Å². The second-order valence-corrected chi connectivity index (χ2v) is 5.07. The van der Waals surface area contributed by atoms with Crippen LogP contribution in [0.4, 0.5) is 5.69 Å². The highest BCUT2D eigenvalue weighted by Gasteiger charge is 2.17. The van der Waals surface area contributed by atoms with E-state index in [1.54, 1.807) is 12.5 Å². The molecule has 4 nitrogen and oxygen atoms in total. The van der Waals surface area contributed by atoms with E-state index in [0.29, 0.717) is 6.04 Å². The van der Waals surface area contributed by atoms with Gasteiger partial charge in [0.15, 0.2) is 0 Å². The number of anilines is 1. The first kappa shape index (κ1) is 11.4. The number of nitrogens with zero attached hydrogens (tertiary/aromatic N) is 2. The van der Waals surface area contributed by atoms with Crippen LogP contribution in [0.3, 0.4) is 0 Å². The monoisotopic (exact) mass is 245 g/mol. The van der Waals surface area contributed by atoms with Crippen molar-refractivity contribution in [1.29, 1.82) is 0 Å². The number of hydrogen-bond acceptors (Lipinski definition) is 3. The molecule has 1 aliphatic carbocycles. The summed E-state index contributed by atoms with van der Waals surface area (Å²) in [5.74, 6) is 0. The lowest BCUT2D eigenvalue weighted by Gasteiger charge is -2.14. The van der Waals surface area contributed by atoms with Crippen LogP contribution in [-0.4, -0.2) is 9.78 Å².